The van der Waals surface area contributed by atoms with Crippen LogP contribution in [0.15, 0.2) is 24.4 Å². The summed E-state index contributed by atoms with van der Waals surface area (Å²) >= 11 is 0. The van der Waals surface area contributed by atoms with Crippen molar-refractivity contribution in [2.45, 2.75) is 57.7 Å². The third-order valence-corrected chi connectivity index (χ3v) is 4.33. The van der Waals surface area contributed by atoms with E-state index in [0.29, 0.717) is 17.6 Å². The van der Waals surface area contributed by atoms with Crippen molar-refractivity contribution in [1.82, 2.24) is 20.8 Å². The number of nitrogens with zero attached hydrogens (tertiary/aromatic N) is 1. The quantitative estimate of drug-likeness (QED) is 0.813. The van der Waals surface area contributed by atoms with E-state index in [-0.39, 0.29) is 11.9 Å². The molecule has 22 heavy (non-hydrogen) atoms. The van der Waals surface area contributed by atoms with Crippen LogP contribution in [-0.2, 0) is 0 Å². The molecule has 1 heterocycles. The van der Waals surface area contributed by atoms with Gasteiger partial charge in [0.05, 0.1) is 11.7 Å². The highest BCUT2D eigenvalue weighted by molar-refractivity contribution is 5.97. The van der Waals surface area contributed by atoms with E-state index in [9.17, 15) is 4.79 Å². The number of hydrogen-bond acceptors (Lipinski definition) is 3. The molecule has 1 aromatic carbocycles. The lowest BCUT2D eigenvalue weighted by molar-refractivity contribution is 0.0924. The van der Waals surface area contributed by atoms with E-state index < -0.39 is 0 Å². The molecule has 0 spiro atoms. The van der Waals surface area contributed by atoms with E-state index in [0.717, 1.165) is 36.6 Å². The SMILES string of the molecule is CC(C)N[C@H]1CC[C@H](NC(=O)c2ccc3[nH]ncc3c2)CC1. The van der Waals surface area contributed by atoms with Crippen molar-refractivity contribution in [3.63, 3.8) is 0 Å². The van der Waals surface area contributed by atoms with Gasteiger partial charge in [0.15, 0.2) is 0 Å². The van der Waals surface area contributed by atoms with Crippen LogP contribution in [-0.4, -0.2) is 34.2 Å². The van der Waals surface area contributed by atoms with Crippen molar-refractivity contribution in [2.75, 3.05) is 0 Å². The summed E-state index contributed by atoms with van der Waals surface area (Å²) < 4.78 is 0. The highest BCUT2D eigenvalue weighted by Crippen LogP contribution is 2.20. The van der Waals surface area contributed by atoms with E-state index in [1.807, 2.05) is 18.2 Å². The number of aromatic nitrogens is 2. The monoisotopic (exact) mass is 300 g/mol. The summed E-state index contributed by atoms with van der Waals surface area (Å²) in [5.74, 6) is 0.0170. The molecule has 1 fully saturated rings. The number of aromatic amines is 1. The topological polar surface area (TPSA) is 69.8 Å². The molecule has 1 aliphatic rings. The van der Waals surface area contributed by atoms with E-state index >= 15 is 0 Å². The molecule has 0 radical (unpaired) electrons. The van der Waals surface area contributed by atoms with Crippen LogP contribution in [0.3, 0.4) is 0 Å². The third kappa shape index (κ3) is 3.47. The summed E-state index contributed by atoms with van der Waals surface area (Å²) in [4.78, 5) is 12.4. The summed E-state index contributed by atoms with van der Waals surface area (Å²) in [6, 6.07) is 7.05. The van der Waals surface area contributed by atoms with Gasteiger partial charge in [-0.25, -0.2) is 0 Å². The van der Waals surface area contributed by atoms with Gasteiger partial charge in [-0.1, -0.05) is 13.8 Å². The Morgan fingerprint density at radius 3 is 2.68 bits per heavy atom. The van der Waals surface area contributed by atoms with Crippen LogP contribution in [0.2, 0.25) is 0 Å². The van der Waals surface area contributed by atoms with E-state index in [2.05, 4.69) is 34.7 Å². The standard InChI is InChI=1S/C17H24N4O/c1-11(2)19-14-4-6-15(7-5-14)20-17(22)12-3-8-16-13(9-12)10-18-21-16/h3,8-11,14-15,19H,4-7H2,1-2H3,(H,18,21)(H,20,22)/t14-,15-. The molecule has 5 nitrogen and oxygen atoms in total. The maximum absolute atomic E-state index is 12.4. The molecule has 1 aliphatic carbocycles. The summed E-state index contributed by atoms with van der Waals surface area (Å²) in [5, 5.41) is 14.6. The smallest absolute Gasteiger partial charge is 0.251 e. The summed E-state index contributed by atoms with van der Waals surface area (Å²) in [7, 11) is 0. The largest absolute Gasteiger partial charge is 0.349 e. The minimum Gasteiger partial charge on any atom is -0.349 e. The van der Waals surface area contributed by atoms with Gasteiger partial charge in [0.2, 0.25) is 0 Å². The van der Waals surface area contributed by atoms with Gasteiger partial charge in [-0.3, -0.25) is 9.89 Å². The number of carbonyl (C=O) groups is 1. The van der Waals surface area contributed by atoms with Gasteiger partial charge in [-0.05, 0) is 43.9 Å². The van der Waals surface area contributed by atoms with Crippen LogP contribution in [0.25, 0.3) is 10.9 Å². The van der Waals surface area contributed by atoms with E-state index in [1.54, 1.807) is 6.20 Å². The molecule has 1 saturated carbocycles. The first-order chi connectivity index (χ1) is 10.6. The molecule has 3 rings (SSSR count). The van der Waals surface area contributed by atoms with Gasteiger partial charge in [-0.15, -0.1) is 0 Å². The second kappa shape index (κ2) is 6.48. The number of benzene rings is 1. The zero-order valence-corrected chi connectivity index (χ0v) is 13.2. The first-order valence-corrected chi connectivity index (χ1v) is 8.12. The number of rotatable bonds is 4. The first kappa shape index (κ1) is 15.0. The Labute approximate surface area is 130 Å². The second-order valence-corrected chi connectivity index (χ2v) is 6.52. The molecular weight excluding hydrogens is 276 g/mol. The fraction of sp³-hybridized carbons (Fsp3) is 0.529. The van der Waals surface area contributed by atoms with Crippen molar-refractivity contribution in [2.24, 2.45) is 0 Å². The Morgan fingerprint density at radius 2 is 1.95 bits per heavy atom. The lowest BCUT2D eigenvalue weighted by Gasteiger charge is -2.31. The lowest BCUT2D eigenvalue weighted by Crippen LogP contribution is -2.43. The van der Waals surface area contributed by atoms with E-state index in [4.69, 9.17) is 0 Å². The highest BCUT2D eigenvalue weighted by atomic mass is 16.1. The number of H-pyrrole nitrogens is 1. The lowest BCUT2D eigenvalue weighted by atomic mass is 9.90. The minimum absolute atomic E-state index is 0.0170. The first-order valence-electron chi connectivity index (χ1n) is 8.12. The molecule has 0 unspecified atom stereocenters. The Bertz CT molecular complexity index is 641. The predicted molar refractivity (Wildman–Crippen MR) is 87.9 cm³/mol. The maximum Gasteiger partial charge on any atom is 0.251 e. The number of amides is 1. The van der Waals surface area contributed by atoms with Crippen LogP contribution in [0, 0.1) is 0 Å². The molecule has 0 bridgehead atoms. The van der Waals surface area contributed by atoms with Crippen molar-refractivity contribution in [3.8, 4) is 0 Å². The van der Waals surface area contributed by atoms with E-state index in [1.165, 1.54) is 0 Å². The average Bonchev–Trinajstić information content (AvgIpc) is 2.96. The minimum atomic E-state index is 0.0170. The third-order valence-electron chi connectivity index (χ3n) is 4.33. The Balaban J connectivity index is 1.56. The molecule has 1 amide bonds. The molecule has 1 aromatic heterocycles. The Hall–Kier alpha value is -1.88. The summed E-state index contributed by atoms with van der Waals surface area (Å²) in [5.41, 5.74) is 1.66. The Kier molecular flexibility index (Phi) is 4.43. The molecule has 2 aromatic rings. The zero-order valence-electron chi connectivity index (χ0n) is 13.2. The highest BCUT2D eigenvalue weighted by Gasteiger charge is 2.23. The average molecular weight is 300 g/mol. The van der Waals surface area contributed by atoms with Crippen LogP contribution >= 0.6 is 0 Å². The molecule has 0 saturated heterocycles. The van der Waals surface area contributed by atoms with Crippen molar-refractivity contribution >= 4 is 16.8 Å². The fourth-order valence-electron chi connectivity index (χ4n) is 3.23. The van der Waals surface area contributed by atoms with Gasteiger partial charge in [0.1, 0.15) is 0 Å². The zero-order chi connectivity index (χ0) is 15.5. The van der Waals surface area contributed by atoms with Gasteiger partial charge in [-0.2, -0.15) is 5.10 Å². The molecule has 0 aliphatic heterocycles. The molecule has 3 N–H and O–H groups in total. The summed E-state index contributed by atoms with van der Waals surface area (Å²) in [6.07, 6.45) is 6.09. The number of hydrogen-bond donors (Lipinski definition) is 3. The normalized spacial score (nSPS) is 22.1. The fourth-order valence-corrected chi connectivity index (χ4v) is 3.23. The molecule has 118 valence electrons. The van der Waals surface area contributed by atoms with Gasteiger partial charge in [0.25, 0.3) is 5.91 Å². The van der Waals surface area contributed by atoms with Crippen molar-refractivity contribution in [1.29, 1.82) is 0 Å². The van der Waals surface area contributed by atoms with Gasteiger partial charge < -0.3 is 10.6 Å². The second-order valence-electron chi connectivity index (χ2n) is 6.52. The van der Waals surface area contributed by atoms with Crippen molar-refractivity contribution < 1.29 is 4.79 Å². The van der Waals surface area contributed by atoms with Crippen LogP contribution in [0.1, 0.15) is 49.9 Å². The Morgan fingerprint density at radius 1 is 1.23 bits per heavy atom. The molecular formula is C17H24N4O. The molecule has 5 heteroatoms. The van der Waals surface area contributed by atoms with Crippen LogP contribution in [0.5, 0.6) is 0 Å². The van der Waals surface area contributed by atoms with Gasteiger partial charge in [0, 0.05) is 29.1 Å². The predicted octanol–water partition coefficient (Wildman–Crippen LogP) is 2.60. The van der Waals surface area contributed by atoms with Gasteiger partial charge >= 0.3 is 0 Å². The number of carbonyl (C=O) groups excluding carboxylic acids is 1. The van der Waals surface area contributed by atoms with Crippen LogP contribution in [0.4, 0.5) is 0 Å². The number of fused-ring (bicyclic) bond motifs is 1. The molecule has 0 atom stereocenters. The number of nitrogens with one attached hydrogen (secondary N) is 3. The van der Waals surface area contributed by atoms with Crippen LogP contribution < -0.4 is 10.6 Å². The maximum atomic E-state index is 12.4. The summed E-state index contributed by atoms with van der Waals surface area (Å²) in [6.45, 7) is 4.36. The van der Waals surface area contributed by atoms with Crippen molar-refractivity contribution in [3.05, 3.63) is 30.0 Å².